The summed E-state index contributed by atoms with van der Waals surface area (Å²) in [5.41, 5.74) is 3.46. The number of para-hydroxylation sites is 2. The van der Waals surface area contributed by atoms with Crippen LogP contribution in [0.15, 0.2) is 78.9 Å². The SMILES string of the molecule is CC(=O)Nc1ccccc1OCC(=O)N(Cc1ccccc1)c1cccc(C)c1. The maximum absolute atomic E-state index is 13.1. The molecule has 5 nitrogen and oxygen atoms in total. The number of aryl methyl sites for hydroxylation is 1. The number of ether oxygens (including phenoxy) is 1. The Morgan fingerprint density at radius 3 is 2.38 bits per heavy atom. The molecule has 148 valence electrons. The maximum Gasteiger partial charge on any atom is 0.265 e. The summed E-state index contributed by atoms with van der Waals surface area (Å²) in [5.74, 6) is 0.0925. The Balaban J connectivity index is 1.79. The molecule has 3 rings (SSSR count). The number of hydrogen-bond acceptors (Lipinski definition) is 3. The van der Waals surface area contributed by atoms with Crippen molar-refractivity contribution in [3.8, 4) is 5.75 Å². The van der Waals surface area contributed by atoms with Crippen molar-refractivity contribution < 1.29 is 14.3 Å². The Labute approximate surface area is 170 Å². The lowest BCUT2D eigenvalue weighted by molar-refractivity contribution is -0.120. The van der Waals surface area contributed by atoms with E-state index in [-0.39, 0.29) is 18.4 Å². The Morgan fingerprint density at radius 2 is 1.66 bits per heavy atom. The van der Waals surface area contributed by atoms with Crippen molar-refractivity contribution in [3.63, 3.8) is 0 Å². The first-order valence-corrected chi connectivity index (χ1v) is 9.43. The fraction of sp³-hybridized carbons (Fsp3) is 0.167. The van der Waals surface area contributed by atoms with E-state index in [0.29, 0.717) is 18.0 Å². The molecule has 0 spiro atoms. The minimum Gasteiger partial charge on any atom is -0.482 e. The summed E-state index contributed by atoms with van der Waals surface area (Å²) in [5, 5.41) is 2.72. The van der Waals surface area contributed by atoms with Gasteiger partial charge in [-0.3, -0.25) is 9.59 Å². The molecule has 2 amide bonds. The summed E-state index contributed by atoms with van der Waals surface area (Å²) in [6, 6.07) is 24.7. The third kappa shape index (κ3) is 5.69. The highest BCUT2D eigenvalue weighted by atomic mass is 16.5. The summed E-state index contributed by atoms with van der Waals surface area (Å²) < 4.78 is 5.76. The number of rotatable bonds is 7. The summed E-state index contributed by atoms with van der Waals surface area (Å²) in [6.45, 7) is 3.73. The van der Waals surface area contributed by atoms with Gasteiger partial charge in [-0.1, -0.05) is 54.6 Å². The quantitative estimate of drug-likeness (QED) is 0.645. The Morgan fingerprint density at radius 1 is 0.931 bits per heavy atom. The van der Waals surface area contributed by atoms with Crippen molar-refractivity contribution in [2.24, 2.45) is 0 Å². The number of nitrogens with one attached hydrogen (secondary N) is 1. The molecule has 0 unspecified atom stereocenters. The van der Waals surface area contributed by atoms with Crippen LogP contribution in [-0.4, -0.2) is 18.4 Å². The number of amides is 2. The average molecular weight is 388 g/mol. The van der Waals surface area contributed by atoms with Crippen LogP contribution in [0.2, 0.25) is 0 Å². The normalized spacial score (nSPS) is 10.3. The topological polar surface area (TPSA) is 58.6 Å². The lowest BCUT2D eigenvalue weighted by Gasteiger charge is -2.24. The number of nitrogens with zero attached hydrogens (tertiary/aromatic N) is 1. The van der Waals surface area contributed by atoms with E-state index in [0.717, 1.165) is 16.8 Å². The third-order valence-corrected chi connectivity index (χ3v) is 4.35. The number of carbonyl (C=O) groups is 2. The molecule has 3 aromatic carbocycles. The van der Waals surface area contributed by atoms with Crippen LogP contribution in [-0.2, 0) is 16.1 Å². The minimum atomic E-state index is -0.196. The second-order valence-corrected chi connectivity index (χ2v) is 6.77. The van der Waals surface area contributed by atoms with Crippen LogP contribution in [0.25, 0.3) is 0 Å². The van der Waals surface area contributed by atoms with Gasteiger partial charge >= 0.3 is 0 Å². The van der Waals surface area contributed by atoms with Crippen molar-refractivity contribution >= 4 is 23.2 Å². The van der Waals surface area contributed by atoms with Gasteiger partial charge in [-0.15, -0.1) is 0 Å². The van der Waals surface area contributed by atoms with Gasteiger partial charge in [0, 0.05) is 12.6 Å². The molecule has 0 aromatic heterocycles. The second kappa shape index (κ2) is 9.55. The van der Waals surface area contributed by atoms with Gasteiger partial charge < -0.3 is 15.0 Å². The molecule has 3 aromatic rings. The molecule has 5 heteroatoms. The zero-order valence-corrected chi connectivity index (χ0v) is 16.6. The van der Waals surface area contributed by atoms with E-state index in [2.05, 4.69) is 5.32 Å². The van der Waals surface area contributed by atoms with E-state index in [9.17, 15) is 9.59 Å². The zero-order valence-electron chi connectivity index (χ0n) is 16.6. The predicted octanol–water partition coefficient (Wildman–Crippen LogP) is 4.57. The summed E-state index contributed by atoms with van der Waals surface area (Å²) in [4.78, 5) is 26.2. The monoisotopic (exact) mass is 388 g/mol. The first kappa shape index (κ1) is 20.1. The van der Waals surface area contributed by atoms with E-state index in [1.165, 1.54) is 6.92 Å². The standard InChI is InChI=1S/C24H24N2O3/c1-18-9-8-12-21(15-18)26(16-20-10-4-3-5-11-20)24(28)17-29-23-14-7-6-13-22(23)25-19(2)27/h3-15H,16-17H2,1-2H3,(H,25,27). The molecule has 1 N–H and O–H groups in total. The number of hydrogen-bond donors (Lipinski definition) is 1. The van der Waals surface area contributed by atoms with Crippen LogP contribution in [0.1, 0.15) is 18.1 Å². The molecule has 0 bridgehead atoms. The first-order valence-electron chi connectivity index (χ1n) is 9.43. The molecule has 0 saturated carbocycles. The molecule has 0 heterocycles. The first-order chi connectivity index (χ1) is 14.0. The Kier molecular flexibility index (Phi) is 6.63. The molecule has 0 saturated heterocycles. The lowest BCUT2D eigenvalue weighted by Crippen LogP contribution is -2.34. The summed E-state index contributed by atoms with van der Waals surface area (Å²) in [6.07, 6.45) is 0. The van der Waals surface area contributed by atoms with E-state index in [1.54, 1.807) is 29.2 Å². The molecule has 0 aliphatic carbocycles. The summed E-state index contributed by atoms with van der Waals surface area (Å²) >= 11 is 0. The largest absolute Gasteiger partial charge is 0.482 e. The summed E-state index contributed by atoms with van der Waals surface area (Å²) in [7, 11) is 0. The molecule has 0 fully saturated rings. The van der Waals surface area contributed by atoms with Crippen molar-refractivity contribution in [1.29, 1.82) is 0 Å². The Hall–Kier alpha value is -3.60. The van der Waals surface area contributed by atoms with Crippen molar-refractivity contribution in [2.45, 2.75) is 20.4 Å². The molecule has 0 atom stereocenters. The van der Waals surface area contributed by atoms with Crippen LogP contribution >= 0.6 is 0 Å². The highest BCUT2D eigenvalue weighted by Crippen LogP contribution is 2.24. The highest BCUT2D eigenvalue weighted by Gasteiger charge is 2.18. The average Bonchev–Trinajstić information content (AvgIpc) is 2.71. The lowest BCUT2D eigenvalue weighted by atomic mass is 10.1. The molecular formula is C24H24N2O3. The number of carbonyl (C=O) groups excluding carboxylic acids is 2. The fourth-order valence-electron chi connectivity index (χ4n) is 2.99. The predicted molar refractivity (Wildman–Crippen MR) is 115 cm³/mol. The molecule has 0 radical (unpaired) electrons. The molecule has 0 aliphatic rings. The van der Waals surface area contributed by atoms with Gasteiger partial charge in [0.2, 0.25) is 5.91 Å². The van der Waals surface area contributed by atoms with Gasteiger partial charge in [0.15, 0.2) is 6.61 Å². The van der Waals surface area contributed by atoms with Crippen LogP contribution in [0.4, 0.5) is 11.4 Å². The van der Waals surface area contributed by atoms with Gasteiger partial charge in [-0.25, -0.2) is 0 Å². The molecular weight excluding hydrogens is 364 g/mol. The van der Waals surface area contributed by atoms with Crippen molar-refractivity contribution in [3.05, 3.63) is 90.0 Å². The van der Waals surface area contributed by atoms with Gasteiger partial charge in [0.05, 0.1) is 12.2 Å². The zero-order chi connectivity index (χ0) is 20.6. The van der Waals surface area contributed by atoms with Crippen LogP contribution in [0, 0.1) is 6.92 Å². The molecule has 0 aliphatic heterocycles. The van der Waals surface area contributed by atoms with Crippen LogP contribution < -0.4 is 15.0 Å². The second-order valence-electron chi connectivity index (χ2n) is 6.77. The fourth-order valence-corrected chi connectivity index (χ4v) is 2.99. The Bertz CT molecular complexity index is 986. The van der Waals surface area contributed by atoms with E-state index >= 15 is 0 Å². The van der Waals surface area contributed by atoms with Gasteiger partial charge in [-0.2, -0.15) is 0 Å². The van der Waals surface area contributed by atoms with Crippen molar-refractivity contribution in [1.82, 2.24) is 0 Å². The maximum atomic E-state index is 13.1. The third-order valence-electron chi connectivity index (χ3n) is 4.35. The van der Waals surface area contributed by atoms with Gasteiger partial charge in [0.25, 0.3) is 5.91 Å². The van der Waals surface area contributed by atoms with E-state index in [4.69, 9.17) is 4.74 Å². The van der Waals surface area contributed by atoms with Gasteiger partial charge in [0.1, 0.15) is 5.75 Å². The minimum absolute atomic E-state index is 0.141. The van der Waals surface area contributed by atoms with E-state index < -0.39 is 0 Å². The number of benzene rings is 3. The van der Waals surface area contributed by atoms with Crippen LogP contribution in [0.3, 0.4) is 0 Å². The van der Waals surface area contributed by atoms with Crippen molar-refractivity contribution in [2.75, 3.05) is 16.8 Å². The molecule has 29 heavy (non-hydrogen) atoms. The number of anilines is 2. The van der Waals surface area contributed by atoms with E-state index in [1.807, 2.05) is 61.5 Å². The smallest absolute Gasteiger partial charge is 0.265 e. The van der Waals surface area contributed by atoms with Gasteiger partial charge in [-0.05, 0) is 42.3 Å². The highest BCUT2D eigenvalue weighted by molar-refractivity contribution is 5.95. The van der Waals surface area contributed by atoms with Crippen LogP contribution in [0.5, 0.6) is 5.75 Å².